The first kappa shape index (κ1) is 17.4. The fraction of sp³-hybridized carbons (Fsp3) is 0.692. The van der Waals surface area contributed by atoms with Crippen LogP contribution in [0.5, 0.6) is 5.75 Å². The van der Waals surface area contributed by atoms with Crippen molar-refractivity contribution in [3.63, 3.8) is 0 Å². The summed E-state index contributed by atoms with van der Waals surface area (Å²) in [5, 5.41) is 0. The van der Waals surface area contributed by atoms with Crippen molar-refractivity contribution in [2.75, 3.05) is 57.0 Å². The zero-order valence-corrected chi connectivity index (χ0v) is 13.0. The van der Waals surface area contributed by atoms with E-state index in [2.05, 4.69) is 15.4 Å². The topological polar surface area (TPSA) is 94.8 Å². The van der Waals surface area contributed by atoms with Gasteiger partial charge < -0.3 is 24.5 Å². The maximum absolute atomic E-state index is 5.45. The number of methoxy groups -OCH3 is 1. The van der Waals surface area contributed by atoms with E-state index in [9.17, 15) is 0 Å². The van der Waals surface area contributed by atoms with E-state index in [0.29, 0.717) is 56.9 Å². The van der Waals surface area contributed by atoms with Gasteiger partial charge in [-0.3, -0.25) is 0 Å². The molecule has 8 heteroatoms. The molecule has 8 nitrogen and oxygen atoms in total. The van der Waals surface area contributed by atoms with Crippen LogP contribution >= 0.6 is 0 Å². The lowest BCUT2D eigenvalue weighted by molar-refractivity contribution is 0.141. The Balaban J connectivity index is 2.89. The zero-order chi connectivity index (χ0) is 15.5. The summed E-state index contributed by atoms with van der Waals surface area (Å²) in [6.07, 6.45) is 1.45. The van der Waals surface area contributed by atoms with Crippen LogP contribution in [0.15, 0.2) is 6.33 Å². The minimum absolute atomic E-state index is 0.445. The number of nitrogens with two attached hydrogens (primary N) is 1. The van der Waals surface area contributed by atoms with Crippen molar-refractivity contribution in [3.8, 4) is 5.75 Å². The average Bonchev–Trinajstić information content (AvgIpc) is 2.52. The first-order valence-electron chi connectivity index (χ1n) is 7.04. The largest absolute Gasteiger partial charge is 0.490 e. The summed E-state index contributed by atoms with van der Waals surface area (Å²) in [5.41, 5.74) is 2.51. The van der Waals surface area contributed by atoms with Crippen LogP contribution in [0.25, 0.3) is 0 Å². The zero-order valence-electron chi connectivity index (χ0n) is 13.0. The van der Waals surface area contributed by atoms with Crippen molar-refractivity contribution in [2.24, 2.45) is 5.84 Å². The van der Waals surface area contributed by atoms with Crippen molar-refractivity contribution in [1.29, 1.82) is 0 Å². The van der Waals surface area contributed by atoms with Crippen LogP contribution in [0.1, 0.15) is 13.8 Å². The molecule has 0 amide bonds. The number of nitrogen functional groups attached to an aromatic ring is 1. The molecule has 0 radical (unpaired) electrons. The van der Waals surface area contributed by atoms with Crippen molar-refractivity contribution in [2.45, 2.75) is 13.8 Å². The van der Waals surface area contributed by atoms with E-state index in [-0.39, 0.29) is 0 Å². The van der Waals surface area contributed by atoms with Crippen LogP contribution < -0.4 is 20.9 Å². The molecule has 3 N–H and O–H groups in total. The van der Waals surface area contributed by atoms with Crippen LogP contribution in [0, 0.1) is 0 Å². The number of anilines is 2. The number of nitrogens with one attached hydrogen (secondary N) is 1. The number of hydrogen-bond acceptors (Lipinski definition) is 8. The number of hydrogen-bond donors (Lipinski definition) is 2. The molecule has 0 aliphatic carbocycles. The van der Waals surface area contributed by atoms with E-state index in [4.69, 9.17) is 20.1 Å². The van der Waals surface area contributed by atoms with E-state index in [1.165, 1.54) is 6.33 Å². The van der Waals surface area contributed by atoms with Crippen LogP contribution in [0.3, 0.4) is 0 Å². The van der Waals surface area contributed by atoms with E-state index < -0.39 is 0 Å². The fourth-order valence-electron chi connectivity index (χ4n) is 1.84. The quantitative estimate of drug-likeness (QED) is 0.349. The van der Waals surface area contributed by atoms with Crippen LogP contribution in [-0.4, -0.2) is 56.6 Å². The Morgan fingerprint density at radius 3 is 2.24 bits per heavy atom. The number of ether oxygens (including phenoxy) is 3. The first-order chi connectivity index (χ1) is 10.3. The van der Waals surface area contributed by atoms with E-state index in [0.717, 1.165) is 0 Å². The van der Waals surface area contributed by atoms with Gasteiger partial charge >= 0.3 is 0 Å². The van der Waals surface area contributed by atoms with Gasteiger partial charge in [0.15, 0.2) is 11.6 Å². The second-order valence-electron chi connectivity index (χ2n) is 4.10. The predicted octanol–water partition coefficient (Wildman–Crippen LogP) is 0.650. The molecule has 0 saturated carbocycles. The summed E-state index contributed by atoms with van der Waals surface area (Å²) in [6, 6.07) is 0. The molecule has 120 valence electrons. The van der Waals surface area contributed by atoms with Crippen molar-refractivity contribution < 1.29 is 14.2 Å². The predicted molar refractivity (Wildman–Crippen MR) is 81.6 cm³/mol. The molecule has 0 fully saturated rings. The summed E-state index contributed by atoms with van der Waals surface area (Å²) in [7, 11) is 1.56. The van der Waals surface area contributed by atoms with E-state index in [1.54, 1.807) is 7.11 Å². The fourth-order valence-corrected chi connectivity index (χ4v) is 1.84. The molecule has 0 aliphatic rings. The molecule has 0 bridgehead atoms. The molecule has 0 saturated heterocycles. The maximum Gasteiger partial charge on any atom is 0.205 e. The van der Waals surface area contributed by atoms with E-state index in [1.807, 2.05) is 18.7 Å². The van der Waals surface area contributed by atoms with Crippen LogP contribution in [-0.2, 0) is 9.47 Å². The normalized spacial score (nSPS) is 10.5. The molecule has 0 spiro atoms. The lowest BCUT2D eigenvalue weighted by Gasteiger charge is -2.25. The van der Waals surface area contributed by atoms with Gasteiger partial charge in [-0.05, 0) is 13.8 Å². The lowest BCUT2D eigenvalue weighted by Crippen LogP contribution is -2.32. The third-order valence-electron chi connectivity index (χ3n) is 2.84. The second kappa shape index (κ2) is 10.1. The summed E-state index contributed by atoms with van der Waals surface area (Å²) < 4.78 is 16.2. The van der Waals surface area contributed by atoms with Crippen molar-refractivity contribution in [3.05, 3.63) is 6.33 Å². The number of rotatable bonds is 11. The van der Waals surface area contributed by atoms with Gasteiger partial charge in [0, 0.05) is 26.3 Å². The number of nitrogens with zero attached hydrogens (tertiary/aromatic N) is 3. The summed E-state index contributed by atoms with van der Waals surface area (Å²) >= 11 is 0. The number of hydrazine groups is 1. The number of aromatic nitrogens is 2. The molecule has 0 aliphatic heterocycles. The second-order valence-corrected chi connectivity index (χ2v) is 4.10. The molecule has 1 heterocycles. The highest BCUT2D eigenvalue weighted by molar-refractivity contribution is 5.64. The molecule has 0 atom stereocenters. The minimum Gasteiger partial charge on any atom is -0.490 e. The molecule has 0 aromatic carbocycles. The Morgan fingerprint density at radius 1 is 1.14 bits per heavy atom. The monoisotopic (exact) mass is 299 g/mol. The molecule has 0 unspecified atom stereocenters. The molecular weight excluding hydrogens is 274 g/mol. The van der Waals surface area contributed by atoms with Crippen molar-refractivity contribution in [1.82, 2.24) is 9.97 Å². The van der Waals surface area contributed by atoms with Crippen LogP contribution in [0.4, 0.5) is 11.6 Å². The van der Waals surface area contributed by atoms with Gasteiger partial charge in [0.2, 0.25) is 5.75 Å². The highest BCUT2D eigenvalue weighted by Gasteiger charge is 2.17. The molecular formula is C13H25N5O3. The van der Waals surface area contributed by atoms with E-state index >= 15 is 0 Å². The Kier molecular flexibility index (Phi) is 8.41. The van der Waals surface area contributed by atoms with Gasteiger partial charge in [-0.1, -0.05) is 0 Å². The highest BCUT2D eigenvalue weighted by Crippen LogP contribution is 2.31. The van der Waals surface area contributed by atoms with Gasteiger partial charge in [-0.15, -0.1) is 0 Å². The third kappa shape index (κ3) is 5.33. The Labute approximate surface area is 125 Å². The summed E-state index contributed by atoms with van der Waals surface area (Å²) in [5.74, 6) is 7.07. The van der Waals surface area contributed by atoms with Gasteiger partial charge in [0.05, 0.1) is 20.3 Å². The maximum atomic E-state index is 5.45. The Bertz CT molecular complexity index is 395. The van der Waals surface area contributed by atoms with Gasteiger partial charge in [-0.2, -0.15) is 0 Å². The first-order valence-corrected chi connectivity index (χ1v) is 7.04. The summed E-state index contributed by atoms with van der Waals surface area (Å²) in [6.45, 7) is 7.84. The standard InChI is InChI=1S/C13H25N5O3/c1-4-20-8-6-18(7-9-21-5-2)13-11(19-3)12(17-14)15-10-16-13/h10H,4-9,14H2,1-3H3,(H,15,16,17). The smallest absolute Gasteiger partial charge is 0.205 e. The highest BCUT2D eigenvalue weighted by atomic mass is 16.5. The molecule has 21 heavy (non-hydrogen) atoms. The lowest BCUT2D eigenvalue weighted by atomic mass is 10.4. The van der Waals surface area contributed by atoms with Gasteiger partial charge in [-0.25, -0.2) is 15.8 Å². The molecule has 1 aromatic rings. The average molecular weight is 299 g/mol. The van der Waals surface area contributed by atoms with Crippen LogP contribution in [0.2, 0.25) is 0 Å². The minimum atomic E-state index is 0.445. The van der Waals surface area contributed by atoms with Crippen molar-refractivity contribution >= 4 is 11.6 Å². The Morgan fingerprint density at radius 2 is 1.76 bits per heavy atom. The third-order valence-corrected chi connectivity index (χ3v) is 2.84. The van der Waals surface area contributed by atoms with Gasteiger partial charge in [0.25, 0.3) is 0 Å². The molecule has 1 aromatic heterocycles. The summed E-state index contributed by atoms with van der Waals surface area (Å²) in [4.78, 5) is 10.4. The SMILES string of the molecule is CCOCCN(CCOCC)c1ncnc(NN)c1OC. The molecule has 1 rings (SSSR count). The van der Waals surface area contributed by atoms with Gasteiger partial charge in [0.1, 0.15) is 6.33 Å². The Hall–Kier alpha value is -1.64.